The number of aryl methyl sites for hydroxylation is 1. The quantitative estimate of drug-likeness (QED) is 0.868. The highest BCUT2D eigenvalue weighted by Gasteiger charge is 2.20. The summed E-state index contributed by atoms with van der Waals surface area (Å²) in [6.45, 7) is 4.76. The van der Waals surface area contributed by atoms with Gasteiger partial charge < -0.3 is 14.2 Å². The SMILES string of the molecule is CCOc1ccc(CNS(=O)(=O)c2ccc3c(c2)OCO3)cc1C. The van der Waals surface area contributed by atoms with E-state index in [0.29, 0.717) is 18.1 Å². The minimum atomic E-state index is -3.63. The van der Waals surface area contributed by atoms with Crippen molar-refractivity contribution in [3.05, 3.63) is 47.5 Å². The van der Waals surface area contributed by atoms with Crippen molar-refractivity contribution in [2.75, 3.05) is 13.4 Å². The Kier molecular flexibility index (Phi) is 4.64. The molecule has 0 spiro atoms. The summed E-state index contributed by atoms with van der Waals surface area (Å²) in [6.07, 6.45) is 0. The van der Waals surface area contributed by atoms with Crippen molar-refractivity contribution in [3.8, 4) is 17.2 Å². The second-order valence-corrected chi connectivity index (χ2v) is 7.14. The Labute approximate surface area is 141 Å². The van der Waals surface area contributed by atoms with Gasteiger partial charge in [0.15, 0.2) is 11.5 Å². The molecule has 6 nitrogen and oxygen atoms in total. The lowest BCUT2D eigenvalue weighted by atomic mass is 10.1. The van der Waals surface area contributed by atoms with E-state index < -0.39 is 10.0 Å². The molecular weight excluding hydrogens is 330 g/mol. The van der Waals surface area contributed by atoms with Crippen LogP contribution < -0.4 is 18.9 Å². The van der Waals surface area contributed by atoms with Gasteiger partial charge in [0.2, 0.25) is 16.8 Å². The van der Waals surface area contributed by atoms with Crippen LogP contribution in [-0.4, -0.2) is 21.8 Å². The van der Waals surface area contributed by atoms with E-state index in [0.717, 1.165) is 16.9 Å². The topological polar surface area (TPSA) is 73.9 Å². The van der Waals surface area contributed by atoms with Crippen molar-refractivity contribution in [1.82, 2.24) is 4.72 Å². The van der Waals surface area contributed by atoms with Crippen molar-refractivity contribution in [2.45, 2.75) is 25.3 Å². The van der Waals surface area contributed by atoms with Crippen LogP contribution in [0, 0.1) is 6.92 Å². The molecule has 0 amide bonds. The summed E-state index contributed by atoms with van der Waals surface area (Å²) in [5.74, 6) is 1.80. The maximum absolute atomic E-state index is 12.4. The Balaban J connectivity index is 1.72. The molecule has 1 aliphatic rings. The number of nitrogens with one attached hydrogen (secondary N) is 1. The standard InChI is InChI=1S/C17H19NO5S/c1-3-21-15-6-4-13(8-12(15)2)10-18-24(19,20)14-5-7-16-17(9-14)23-11-22-16/h4-9,18H,3,10-11H2,1-2H3. The van der Waals surface area contributed by atoms with Crippen LogP contribution in [-0.2, 0) is 16.6 Å². The number of benzene rings is 2. The maximum atomic E-state index is 12.4. The third-order valence-corrected chi connectivity index (χ3v) is 5.06. The smallest absolute Gasteiger partial charge is 0.241 e. The van der Waals surface area contributed by atoms with Gasteiger partial charge in [-0.2, -0.15) is 0 Å². The van der Waals surface area contributed by atoms with E-state index in [2.05, 4.69) is 4.72 Å². The fourth-order valence-corrected chi connectivity index (χ4v) is 3.48. The molecule has 128 valence electrons. The van der Waals surface area contributed by atoms with Crippen LogP contribution in [0.5, 0.6) is 17.2 Å². The van der Waals surface area contributed by atoms with Gasteiger partial charge in [0.1, 0.15) is 5.75 Å². The zero-order valence-electron chi connectivity index (χ0n) is 13.5. The van der Waals surface area contributed by atoms with E-state index in [1.807, 2.05) is 32.0 Å². The molecule has 0 radical (unpaired) electrons. The predicted octanol–water partition coefficient (Wildman–Crippen LogP) is 2.60. The van der Waals surface area contributed by atoms with E-state index >= 15 is 0 Å². The molecule has 1 N–H and O–H groups in total. The Hall–Kier alpha value is -2.25. The molecule has 0 saturated carbocycles. The molecule has 1 heterocycles. The van der Waals surface area contributed by atoms with Crippen molar-refractivity contribution >= 4 is 10.0 Å². The van der Waals surface area contributed by atoms with Crippen molar-refractivity contribution < 1.29 is 22.6 Å². The molecule has 7 heteroatoms. The zero-order valence-corrected chi connectivity index (χ0v) is 14.4. The average Bonchev–Trinajstić information content (AvgIpc) is 3.03. The lowest BCUT2D eigenvalue weighted by Crippen LogP contribution is -2.23. The van der Waals surface area contributed by atoms with Gasteiger partial charge in [-0.05, 0) is 43.2 Å². The normalized spacial score (nSPS) is 13.1. The first kappa shape index (κ1) is 16.6. The second kappa shape index (κ2) is 6.70. The van der Waals surface area contributed by atoms with Crippen LogP contribution in [0.15, 0.2) is 41.3 Å². The van der Waals surface area contributed by atoms with Crippen molar-refractivity contribution in [3.63, 3.8) is 0 Å². The highest BCUT2D eigenvalue weighted by atomic mass is 32.2. The fraction of sp³-hybridized carbons (Fsp3) is 0.294. The molecule has 1 aliphatic heterocycles. The van der Waals surface area contributed by atoms with Gasteiger partial charge in [-0.15, -0.1) is 0 Å². The molecule has 0 aliphatic carbocycles. The summed E-state index contributed by atoms with van der Waals surface area (Å²) in [7, 11) is -3.63. The van der Waals surface area contributed by atoms with E-state index in [9.17, 15) is 8.42 Å². The summed E-state index contributed by atoms with van der Waals surface area (Å²) >= 11 is 0. The van der Waals surface area contributed by atoms with E-state index in [4.69, 9.17) is 14.2 Å². The summed E-state index contributed by atoms with van der Waals surface area (Å²) in [5, 5.41) is 0. The largest absolute Gasteiger partial charge is 0.494 e. The predicted molar refractivity (Wildman–Crippen MR) is 88.9 cm³/mol. The molecule has 2 aromatic rings. The van der Waals surface area contributed by atoms with Crippen LogP contribution >= 0.6 is 0 Å². The Morgan fingerprint density at radius 2 is 1.92 bits per heavy atom. The van der Waals surface area contributed by atoms with Crippen LogP contribution in [0.1, 0.15) is 18.1 Å². The highest BCUT2D eigenvalue weighted by molar-refractivity contribution is 7.89. The monoisotopic (exact) mass is 349 g/mol. The third-order valence-electron chi connectivity index (χ3n) is 3.66. The fourth-order valence-electron chi connectivity index (χ4n) is 2.44. The molecule has 0 fully saturated rings. The van der Waals surface area contributed by atoms with Gasteiger partial charge >= 0.3 is 0 Å². The van der Waals surface area contributed by atoms with Crippen molar-refractivity contribution in [2.24, 2.45) is 0 Å². The molecular formula is C17H19NO5S. The molecule has 0 aromatic heterocycles. The van der Waals surface area contributed by atoms with Gasteiger partial charge in [0.05, 0.1) is 11.5 Å². The lowest BCUT2D eigenvalue weighted by Gasteiger charge is -2.11. The summed E-state index contributed by atoms with van der Waals surface area (Å²) in [5.41, 5.74) is 1.83. The van der Waals surface area contributed by atoms with Crippen LogP contribution in [0.4, 0.5) is 0 Å². The van der Waals surface area contributed by atoms with Gasteiger partial charge in [-0.1, -0.05) is 12.1 Å². The lowest BCUT2D eigenvalue weighted by molar-refractivity contribution is 0.174. The molecule has 0 bridgehead atoms. The first-order valence-corrected chi connectivity index (χ1v) is 9.09. The number of ether oxygens (including phenoxy) is 3. The third kappa shape index (κ3) is 3.47. The minimum absolute atomic E-state index is 0.109. The van der Waals surface area contributed by atoms with Crippen molar-refractivity contribution in [1.29, 1.82) is 0 Å². The second-order valence-electron chi connectivity index (χ2n) is 5.37. The average molecular weight is 349 g/mol. The van der Waals surface area contributed by atoms with E-state index in [1.54, 1.807) is 6.07 Å². The van der Waals surface area contributed by atoms with Gasteiger partial charge in [-0.3, -0.25) is 0 Å². The molecule has 2 aromatic carbocycles. The minimum Gasteiger partial charge on any atom is -0.494 e. The Bertz CT molecular complexity index is 848. The van der Waals surface area contributed by atoms with Gasteiger partial charge in [0, 0.05) is 12.6 Å². The molecule has 24 heavy (non-hydrogen) atoms. The number of hydrogen-bond acceptors (Lipinski definition) is 5. The number of fused-ring (bicyclic) bond motifs is 1. The first-order valence-electron chi connectivity index (χ1n) is 7.61. The number of rotatable bonds is 6. The zero-order chi connectivity index (χ0) is 17.2. The Morgan fingerprint density at radius 3 is 2.67 bits per heavy atom. The van der Waals surface area contributed by atoms with Gasteiger partial charge in [0.25, 0.3) is 0 Å². The number of hydrogen-bond donors (Lipinski definition) is 1. The van der Waals surface area contributed by atoms with E-state index in [-0.39, 0.29) is 18.2 Å². The molecule has 3 rings (SSSR count). The molecule has 0 atom stereocenters. The summed E-state index contributed by atoms with van der Waals surface area (Å²) in [6, 6.07) is 10.2. The summed E-state index contributed by atoms with van der Waals surface area (Å²) in [4.78, 5) is 0.148. The van der Waals surface area contributed by atoms with Crippen LogP contribution in [0.25, 0.3) is 0 Å². The first-order chi connectivity index (χ1) is 11.5. The summed E-state index contributed by atoms with van der Waals surface area (Å²) < 4.78 is 43.3. The van der Waals surface area contributed by atoms with Crippen LogP contribution in [0.3, 0.4) is 0 Å². The maximum Gasteiger partial charge on any atom is 0.241 e. The van der Waals surface area contributed by atoms with Gasteiger partial charge in [-0.25, -0.2) is 13.1 Å². The molecule has 0 saturated heterocycles. The van der Waals surface area contributed by atoms with Crippen LogP contribution in [0.2, 0.25) is 0 Å². The highest BCUT2D eigenvalue weighted by Crippen LogP contribution is 2.33. The van der Waals surface area contributed by atoms with E-state index in [1.165, 1.54) is 12.1 Å². The molecule has 0 unspecified atom stereocenters. The Morgan fingerprint density at radius 1 is 1.12 bits per heavy atom. The number of sulfonamides is 1.